The molecule has 0 aromatic heterocycles. The van der Waals surface area contributed by atoms with Gasteiger partial charge in [-0.2, -0.15) is 8.42 Å². The first-order valence-electron chi connectivity index (χ1n) is 6.01. The van der Waals surface area contributed by atoms with Gasteiger partial charge in [-0.1, -0.05) is 0 Å². The van der Waals surface area contributed by atoms with Crippen molar-refractivity contribution in [1.29, 1.82) is 0 Å². The number of carbonyl (C=O) groups excluding carboxylic acids is 1. The van der Waals surface area contributed by atoms with Crippen LogP contribution in [-0.2, 0) is 23.8 Å². The van der Waals surface area contributed by atoms with Crippen molar-refractivity contribution in [1.82, 2.24) is 5.32 Å². The lowest BCUT2D eigenvalue weighted by molar-refractivity contribution is -0.0125. The third-order valence-electron chi connectivity index (χ3n) is 2.20. The summed E-state index contributed by atoms with van der Waals surface area (Å²) >= 11 is 0. The Bertz CT molecular complexity index is 413. The molecule has 0 spiro atoms. The fraction of sp³-hybridized carbons (Fsp3) is 0.909. The molecule has 2 unspecified atom stereocenters. The molecular formula is C11H21NO6S. The average Bonchev–Trinajstić information content (AvgIpc) is 2.11. The van der Waals surface area contributed by atoms with Gasteiger partial charge < -0.3 is 14.8 Å². The van der Waals surface area contributed by atoms with Crippen LogP contribution in [0.5, 0.6) is 0 Å². The molecule has 2 atom stereocenters. The van der Waals surface area contributed by atoms with Crippen molar-refractivity contribution in [3.8, 4) is 0 Å². The minimum atomic E-state index is -3.53. The monoisotopic (exact) mass is 295 g/mol. The van der Waals surface area contributed by atoms with E-state index in [-0.39, 0.29) is 12.6 Å². The quantitative estimate of drug-likeness (QED) is 0.769. The zero-order valence-corrected chi connectivity index (χ0v) is 12.5. The summed E-state index contributed by atoms with van der Waals surface area (Å²) in [6, 6.07) is -0.324. The van der Waals surface area contributed by atoms with Gasteiger partial charge in [-0.15, -0.1) is 0 Å². The maximum absolute atomic E-state index is 11.6. The molecule has 0 radical (unpaired) electrons. The Kier molecular flexibility index (Phi) is 5.17. The molecule has 1 amide bonds. The zero-order valence-electron chi connectivity index (χ0n) is 11.6. The molecule has 1 aliphatic rings. The van der Waals surface area contributed by atoms with Gasteiger partial charge in [-0.25, -0.2) is 4.79 Å². The molecular weight excluding hydrogens is 274 g/mol. The van der Waals surface area contributed by atoms with Crippen LogP contribution in [0, 0.1) is 0 Å². The summed E-state index contributed by atoms with van der Waals surface area (Å²) in [6.07, 6.45) is 0.217. The number of alkyl carbamates (subject to hydrolysis) is 1. The molecule has 0 aromatic carbocycles. The van der Waals surface area contributed by atoms with Gasteiger partial charge in [-0.05, 0) is 27.2 Å². The molecule has 1 heterocycles. The molecule has 1 saturated heterocycles. The first kappa shape index (κ1) is 16.2. The second kappa shape index (κ2) is 6.06. The van der Waals surface area contributed by atoms with E-state index in [4.69, 9.17) is 13.7 Å². The van der Waals surface area contributed by atoms with Crippen LogP contribution < -0.4 is 5.32 Å². The van der Waals surface area contributed by atoms with Crippen LogP contribution in [0.3, 0.4) is 0 Å². The molecule has 19 heavy (non-hydrogen) atoms. The molecule has 8 heteroatoms. The summed E-state index contributed by atoms with van der Waals surface area (Å²) in [5, 5.41) is 2.63. The first-order valence-corrected chi connectivity index (χ1v) is 7.82. The van der Waals surface area contributed by atoms with Gasteiger partial charge in [0.05, 0.1) is 25.5 Å². The number of hydrogen-bond acceptors (Lipinski definition) is 6. The van der Waals surface area contributed by atoms with Crippen LogP contribution in [0.15, 0.2) is 0 Å². The van der Waals surface area contributed by atoms with E-state index in [0.29, 0.717) is 13.0 Å². The summed E-state index contributed by atoms with van der Waals surface area (Å²) in [5.74, 6) is 0. The second-order valence-corrected chi connectivity index (χ2v) is 7.14. The first-order chi connectivity index (χ1) is 8.55. The van der Waals surface area contributed by atoms with Crippen LogP contribution in [-0.4, -0.2) is 51.7 Å². The van der Waals surface area contributed by atoms with E-state index in [2.05, 4.69) is 5.32 Å². The number of ether oxygens (including phenoxy) is 2. The predicted octanol–water partition coefficient (Wildman–Crippen LogP) is 0.645. The molecule has 7 nitrogen and oxygen atoms in total. The molecule has 1 fully saturated rings. The summed E-state index contributed by atoms with van der Waals surface area (Å²) in [6.45, 7) is 5.79. The summed E-state index contributed by atoms with van der Waals surface area (Å²) in [4.78, 5) is 11.6. The fourth-order valence-corrected chi connectivity index (χ4v) is 2.31. The number of rotatable bonds is 3. The number of nitrogens with one attached hydrogen (secondary N) is 1. The van der Waals surface area contributed by atoms with Crippen molar-refractivity contribution in [2.24, 2.45) is 0 Å². The predicted molar refractivity (Wildman–Crippen MR) is 68.3 cm³/mol. The van der Waals surface area contributed by atoms with E-state index >= 15 is 0 Å². The number of carbonyl (C=O) groups is 1. The molecule has 0 saturated carbocycles. The van der Waals surface area contributed by atoms with Gasteiger partial charge in [0.15, 0.2) is 0 Å². The SMILES string of the molecule is CC(C)(C)OC(=O)NC1COCC(OS(C)(=O)=O)C1. The van der Waals surface area contributed by atoms with Crippen LogP contribution in [0.2, 0.25) is 0 Å². The Morgan fingerprint density at radius 2 is 1.95 bits per heavy atom. The van der Waals surface area contributed by atoms with Crippen molar-refractivity contribution >= 4 is 16.2 Å². The highest BCUT2D eigenvalue weighted by atomic mass is 32.2. The fourth-order valence-electron chi connectivity index (χ4n) is 1.68. The Balaban J connectivity index is 2.45. The highest BCUT2D eigenvalue weighted by Gasteiger charge is 2.28. The van der Waals surface area contributed by atoms with Crippen LogP contribution in [0.25, 0.3) is 0 Å². The van der Waals surface area contributed by atoms with Crippen LogP contribution in [0.1, 0.15) is 27.2 Å². The highest BCUT2D eigenvalue weighted by Crippen LogP contribution is 2.14. The lowest BCUT2D eigenvalue weighted by Crippen LogP contribution is -2.47. The zero-order chi connectivity index (χ0) is 14.7. The van der Waals surface area contributed by atoms with Crippen molar-refractivity contribution < 1.29 is 26.9 Å². The normalized spacial score (nSPS) is 24.8. The summed E-state index contributed by atoms with van der Waals surface area (Å²) in [7, 11) is -3.53. The Morgan fingerprint density at radius 3 is 2.47 bits per heavy atom. The highest BCUT2D eigenvalue weighted by molar-refractivity contribution is 7.86. The molecule has 1 rings (SSSR count). The summed E-state index contributed by atoms with van der Waals surface area (Å²) in [5.41, 5.74) is -0.581. The minimum Gasteiger partial charge on any atom is -0.444 e. The van der Waals surface area contributed by atoms with E-state index in [1.54, 1.807) is 20.8 Å². The van der Waals surface area contributed by atoms with Gasteiger partial charge in [0, 0.05) is 0 Å². The Morgan fingerprint density at radius 1 is 1.32 bits per heavy atom. The number of amides is 1. The lowest BCUT2D eigenvalue weighted by Gasteiger charge is -2.29. The van der Waals surface area contributed by atoms with Crippen molar-refractivity contribution in [3.63, 3.8) is 0 Å². The molecule has 112 valence electrons. The second-order valence-electron chi connectivity index (χ2n) is 5.54. The van der Waals surface area contributed by atoms with Crippen LogP contribution >= 0.6 is 0 Å². The molecule has 0 bridgehead atoms. The maximum atomic E-state index is 11.6. The van der Waals surface area contributed by atoms with Gasteiger partial charge in [0.2, 0.25) is 0 Å². The van der Waals surface area contributed by atoms with E-state index in [1.165, 1.54) is 0 Å². The third-order valence-corrected chi connectivity index (χ3v) is 2.82. The van der Waals surface area contributed by atoms with Crippen molar-refractivity contribution in [2.45, 2.75) is 44.9 Å². The maximum Gasteiger partial charge on any atom is 0.407 e. The van der Waals surface area contributed by atoms with Gasteiger partial charge in [0.1, 0.15) is 11.7 Å². The molecule has 1 N–H and O–H groups in total. The van der Waals surface area contributed by atoms with Crippen molar-refractivity contribution in [3.05, 3.63) is 0 Å². The Labute approximate surface area is 113 Å². The van der Waals surface area contributed by atoms with Crippen LogP contribution in [0.4, 0.5) is 4.79 Å². The molecule has 0 aliphatic carbocycles. The standard InChI is InChI=1S/C11H21NO6S/c1-11(2,3)17-10(13)12-8-5-9(7-16-6-8)18-19(4,14)15/h8-9H,5-7H2,1-4H3,(H,12,13). The Hall–Kier alpha value is -0.860. The van der Waals surface area contributed by atoms with Gasteiger partial charge in [-0.3, -0.25) is 4.18 Å². The van der Waals surface area contributed by atoms with Gasteiger partial charge in [0.25, 0.3) is 10.1 Å². The largest absolute Gasteiger partial charge is 0.444 e. The summed E-state index contributed by atoms with van der Waals surface area (Å²) < 4.78 is 37.2. The van der Waals surface area contributed by atoms with E-state index < -0.39 is 27.9 Å². The van der Waals surface area contributed by atoms with Crippen molar-refractivity contribution in [2.75, 3.05) is 19.5 Å². The molecule has 1 aliphatic heterocycles. The van der Waals surface area contributed by atoms with E-state index in [1.807, 2.05) is 0 Å². The number of hydrogen-bond donors (Lipinski definition) is 1. The smallest absolute Gasteiger partial charge is 0.407 e. The minimum absolute atomic E-state index is 0.194. The average molecular weight is 295 g/mol. The lowest BCUT2D eigenvalue weighted by atomic mass is 10.1. The topological polar surface area (TPSA) is 90.9 Å². The van der Waals surface area contributed by atoms with E-state index in [9.17, 15) is 13.2 Å². The van der Waals surface area contributed by atoms with E-state index in [0.717, 1.165) is 6.26 Å². The third kappa shape index (κ3) is 7.34. The van der Waals surface area contributed by atoms with Gasteiger partial charge >= 0.3 is 6.09 Å². The molecule has 0 aromatic rings.